The maximum atomic E-state index is 13.5. The van der Waals surface area contributed by atoms with E-state index in [-0.39, 0.29) is 17.4 Å². The zero-order valence-electron chi connectivity index (χ0n) is 17.9. The highest BCUT2D eigenvalue weighted by Gasteiger charge is 2.20. The first-order chi connectivity index (χ1) is 15.6. The van der Waals surface area contributed by atoms with Crippen LogP contribution in [0.4, 0.5) is 4.39 Å². The van der Waals surface area contributed by atoms with Crippen LogP contribution < -0.4 is 5.56 Å². The fourth-order valence-corrected chi connectivity index (χ4v) is 5.00. The first kappa shape index (κ1) is 22.8. The van der Waals surface area contributed by atoms with Crippen LogP contribution in [0.2, 0.25) is 0 Å². The summed E-state index contributed by atoms with van der Waals surface area (Å²) in [5.74, 6) is -0.571. The number of pyridine rings is 1. The second-order valence-corrected chi connectivity index (χ2v) is 10.8. The summed E-state index contributed by atoms with van der Waals surface area (Å²) in [4.78, 5) is 30.4. The topological polar surface area (TPSA) is 91.0 Å². The van der Waals surface area contributed by atoms with E-state index in [4.69, 9.17) is 0 Å². The zero-order chi connectivity index (χ0) is 23.8. The van der Waals surface area contributed by atoms with Crippen molar-refractivity contribution >= 4 is 27.0 Å². The van der Waals surface area contributed by atoms with Gasteiger partial charge in [0.05, 0.1) is 10.6 Å². The summed E-state index contributed by atoms with van der Waals surface area (Å²) in [7, 11) is -3.66. The second kappa shape index (κ2) is 8.87. The summed E-state index contributed by atoms with van der Waals surface area (Å²) < 4.78 is 40.8. The van der Waals surface area contributed by atoms with Gasteiger partial charge < -0.3 is 0 Å². The van der Waals surface area contributed by atoms with Gasteiger partial charge in [0, 0.05) is 47.4 Å². The van der Waals surface area contributed by atoms with Gasteiger partial charge in [-0.3, -0.25) is 18.7 Å². The number of nitrogens with zero attached hydrogens (tertiary/aromatic N) is 3. The Hall–Kier alpha value is -3.37. The van der Waals surface area contributed by atoms with Gasteiger partial charge in [-0.25, -0.2) is 17.8 Å². The molecule has 0 radical (unpaired) electrons. The molecule has 1 aromatic carbocycles. The number of halogens is 1. The van der Waals surface area contributed by atoms with E-state index < -0.39 is 21.2 Å². The predicted molar refractivity (Wildman–Crippen MR) is 124 cm³/mol. The Bertz CT molecular complexity index is 1500. The lowest BCUT2D eigenvalue weighted by molar-refractivity contribution is 0.0986. The van der Waals surface area contributed by atoms with E-state index in [9.17, 15) is 22.4 Å². The molecule has 3 aromatic heterocycles. The van der Waals surface area contributed by atoms with E-state index in [1.54, 1.807) is 36.5 Å². The largest absolute Gasteiger partial charge is 0.293 e. The van der Waals surface area contributed by atoms with Crippen LogP contribution in [0.1, 0.15) is 26.7 Å². The lowest BCUT2D eigenvalue weighted by Crippen LogP contribution is -2.16. The van der Waals surface area contributed by atoms with E-state index in [2.05, 4.69) is 4.98 Å². The van der Waals surface area contributed by atoms with Gasteiger partial charge in [-0.05, 0) is 55.8 Å². The number of thiophene rings is 1. The Morgan fingerprint density at radius 3 is 2.27 bits per heavy atom. The van der Waals surface area contributed by atoms with E-state index in [1.165, 1.54) is 15.9 Å². The predicted octanol–water partition coefficient (Wildman–Crippen LogP) is 3.75. The summed E-state index contributed by atoms with van der Waals surface area (Å²) in [6.07, 6.45) is 4.24. The standard InChI is InChI=1S/C23H20FN3O4S2/c1-15-3-11-21(32-15)20(28)10-5-17-14-27(23(25-17)33(2,30)31)19-8-6-18(7-9-19)26-13-16(24)4-12-22(26)29/h3-4,6-9,11-14H,5,10H2,1-2H3. The van der Waals surface area contributed by atoms with Crippen LogP contribution in [-0.4, -0.2) is 34.6 Å². The molecule has 0 aliphatic rings. The highest BCUT2D eigenvalue weighted by atomic mass is 32.2. The third-order valence-electron chi connectivity index (χ3n) is 4.96. The number of carbonyl (C=O) groups excluding carboxylic acids is 1. The highest BCUT2D eigenvalue weighted by Crippen LogP contribution is 2.21. The maximum Gasteiger partial charge on any atom is 0.255 e. The van der Waals surface area contributed by atoms with Crippen molar-refractivity contribution in [2.45, 2.75) is 24.9 Å². The molecule has 0 atom stereocenters. The van der Waals surface area contributed by atoms with Crippen LogP contribution in [-0.2, 0) is 16.3 Å². The Balaban J connectivity index is 1.63. The van der Waals surface area contributed by atoms with E-state index >= 15 is 0 Å². The monoisotopic (exact) mass is 485 g/mol. The third kappa shape index (κ3) is 5.01. The molecule has 10 heteroatoms. The van der Waals surface area contributed by atoms with Gasteiger partial charge in [0.1, 0.15) is 5.82 Å². The van der Waals surface area contributed by atoms with E-state index in [0.717, 1.165) is 34.0 Å². The highest BCUT2D eigenvalue weighted by molar-refractivity contribution is 7.90. The fraction of sp³-hybridized carbons (Fsp3) is 0.174. The fourth-order valence-electron chi connectivity index (χ4n) is 3.36. The minimum atomic E-state index is -3.66. The van der Waals surface area contributed by atoms with Gasteiger partial charge in [0.2, 0.25) is 15.0 Å². The number of imidazole rings is 1. The molecule has 0 spiro atoms. The van der Waals surface area contributed by atoms with Crippen molar-refractivity contribution < 1.29 is 17.6 Å². The van der Waals surface area contributed by atoms with Crippen LogP contribution in [0.25, 0.3) is 11.4 Å². The molecule has 0 saturated heterocycles. The van der Waals surface area contributed by atoms with Crippen molar-refractivity contribution in [2.75, 3.05) is 6.26 Å². The molecule has 0 N–H and O–H groups in total. The third-order valence-corrected chi connectivity index (χ3v) is 6.95. The average molecular weight is 486 g/mol. The molecule has 0 fully saturated rings. The van der Waals surface area contributed by atoms with Crippen molar-refractivity contribution in [1.82, 2.24) is 14.1 Å². The molecule has 0 saturated carbocycles. The lowest BCUT2D eigenvalue weighted by atomic mass is 10.1. The summed E-state index contributed by atoms with van der Waals surface area (Å²) in [6.45, 7) is 1.93. The molecule has 3 heterocycles. The van der Waals surface area contributed by atoms with Gasteiger partial charge >= 0.3 is 0 Å². The van der Waals surface area contributed by atoms with Gasteiger partial charge in [-0.2, -0.15) is 0 Å². The van der Waals surface area contributed by atoms with Gasteiger partial charge in [0.15, 0.2) is 5.78 Å². The second-order valence-electron chi connectivity index (χ2n) is 7.56. The van der Waals surface area contributed by atoms with Crippen LogP contribution in [0.5, 0.6) is 0 Å². The summed E-state index contributed by atoms with van der Waals surface area (Å²) in [6, 6.07) is 12.3. The van der Waals surface area contributed by atoms with Gasteiger partial charge in [-0.1, -0.05) is 0 Å². The normalized spacial score (nSPS) is 11.6. The molecule has 0 bridgehead atoms. The smallest absolute Gasteiger partial charge is 0.255 e. The number of aryl methyl sites for hydroxylation is 2. The Labute approximate surface area is 193 Å². The summed E-state index contributed by atoms with van der Waals surface area (Å²) in [5.41, 5.74) is 1.02. The van der Waals surface area contributed by atoms with Crippen molar-refractivity contribution in [2.24, 2.45) is 0 Å². The Morgan fingerprint density at radius 1 is 1.00 bits per heavy atom. The number of sulfone groups is 1. The minimum absolute atomic E-state index is 0.0200. The molecule has 4 aromatic rings. The molecular formula is C23H20FN3O4S2. The molecular weight excluding hydrogens is 465 g/mol. The van der Waals surface area contributed by atoms with Crippen LogP contribution in [0, 0.1) is 12.7 Å². The van der Waals surface area contributed by atoms with Crippen molar-refractivity contribution in [3.8, 4) is 11.4 Å². The van der Waals surface area contributed by atoms with Crippen LogP contribution in [0.15, 0.2) is 70.9 Å². The average Bonchev–Trinajstić information content (AvgIpc) is 3.40. The van der Waals surface area contributed by atoms with Crippen molar-refractivity contribution in [3.63, 3.8) is 0 Å². The number of aromatic nitrogens is 3. The maximum absolute atomic E-state index is 13.5. The molecule has 0 unspecified atom stereocenters. The van der Waals surface area contributed by atoms with Crippen molar-refractivity contribution in [3.05, 3.63) is 92.5 Å². The number of ketones is 1. The number of hydrogen-bond acceptors (Lipinski definition) is 6. The number of rotatable bonds is 7. The molecule has 0 amide bonds. The number of Topliss-reactive ketones (excluding diaryl/α,β-unsaturated/α-hetero) is 1. The molecule has 170 valence electrons. The number of carbonyl (C=O) groups is 1. The zero-order valence-corrected chi connectivity index (χ0v) is 19.5. The first-order valence-corrected chi connectivity index (χ1v) is 12.7. The molecule has 33 heavy (non-hydrogen) atoms. The molecule has 7 nitrogen and oxygen atoms in total. The molecule has 0 aliphatic carbocycles. The summed E-state index contributed by atoms with van der Waals surface area (Å²) >= 11 is 1.42. The number of benzene rings is 1. The van der Waals surface area contributed by atoms with Crippen molar-refractivity contribution in [1.29, 1.82) is 0 Å². The van der Waals surface area contributed by atoms with E-state index in [1.807, 2.05) is 13.0 Å². The molecule has 4 rings (SSSR count). The Kier molecular flexibility index (Phi) is 6.13. The quantitative estimate of drug-likeness (QED) is 0.372. The Morgan fingerprint density at radius 2 is 1.67 bits per heavy atom. The lowest BCUT2D eigenvalue weighted by Gasteiger charge is -2.09. The number of hydrogen-bond donors (Lipinski definition) is 0. The molecule has 0 aliphatic heterocycles. The van der Waals surface area contributed by atoms with Gasteiger partial charge in [-0.15, -0.1) is 11.3 Å². The first-order valence-electron chi connectivity index (χ1n) is 9.99. The van der Waals surface area contributed by atoms with Crippen LogP contribution in [0.3, 0.4) is 0 Å². The van der Waals surface area contributed by atoms with Gasteiger partial charge in [0.25, 0.3) is 5.56 Å². The minimum Gasteiger partial charge on any atom is -0.293 e. The van der Waals surface area contributed by atoms with E-state index in [0.29, 0.717) is 28.4 Å². The summed E-state index contributed by atoms with van der Waals surface area (Å²) in [5, 5.41) is -0.146. The SMILES string of the molecule is Cc1ccc(C(=O)CCc2cn(-c3ccc(-n4cc(F)ccc4=O)cc3)c(S(C)(=O)=O)n2)s1. The van der Waals surface area contributed by atoms with Crippen LogP contribution >= 0.6 is 11.3 Å².